The zero-order chi connectivity index (χ0) is 19.2. The molecule has 2 N–H and O–H groups in total. The maximum atomic E-state index is 12.5. The van der Waals surface area contributed by atoms with Crippen LogP contribution in [0, 0.1) is 0 Å². The van der Waals surface area contributed by atoms with Crippen LogP contribution >= 0.6 is 0 Å². The molecule has 1 heterocycles. The number of para-hydroxylation sites is 2. The fourth-order valence-electron chi connectivity index (χ4n) is 3.26. The highest BCUT2D eigenvalue weighted by Gasteiger charge is 2.26. The third-order valence-corrected chi connectivity index (χ3v) is 4.56. The Balaban J connectivity index is 1.82. The monoisotopic (exact) mass is 371 g/mol. The summed E-state index contributed by atoms with van der Waals surface area (Å²) in [6, 6.07) is 7.39. The first kappa shape index (κ1) is 19.1. The van der Waals surface area contributed by atoms with Crippen molar-refractivity contribution in [1.82, 2.24) is 5.32 Å². The topological polar surface area (TPSA) is 89.0 Å². The lowest BCUT2D eigenvalue weighted by atomic mass is 10.2. The second-order valence-electron chi connectivity index (χ2n) is 6.59. The Kier molecular flexibility index (Phi) is 6.24. The van der Waals surface area contributed by atoms with Crippen LogP contribution in [-0.2, 0) is 19.1 Å². The van der Waals surface area contributed by atoms with Crippen LogP contribution in [0.15, 0.2) is 40.5 Å². The molecule has 0 atom stereocenters. The van der Waals surface area contributed by atoms with E-state index in [1.807, 2.05) is 24.3 Å². The number of esters is 1. The number of carbonyl (C=O) groups is 2. The number of ether oxygens (including phenoxy) is 2. The van der Waals surface area contributed by atoms with Gasteiger partial charge in [-0.2, -0.15) is 0 Å². The van der Waals surface area contributed by atoms with Gasteiger partial charge in [0.2, 0.25) is 0 Å². The van der Waals surface area contributed by atoms with Crippen molar-refractivity contribution in [3.63, 3.8) is 0 Å². The zero-order valence-electron chi connectivity index (χ0n) is 15.7. The van der Waals surface area contributed by atoms with Gasteiger partial charge in [-0.15, -0.1) is 0 Å². The van der Waals surface area contributed by atoms with E-state index in [4.69, 9.17) is 9.47 Å². The molecule has 1 aromatic carbocycles. The predicted molar refractivity (Wildman–Crippen MR) is 103 cm³/mol. The molecule has 1 amide bonds. The summed E-state index contributed by atoms with van der Waals surface area (Å²) < 4.78 is 10.8. The van der Waals surface area contributed by atoms with Crippen LogP contribution < -0.4 is 10.6 Å². The minimum absolute atomic E-state index is 0.0616. The highest BCUT2D eigenvalue weighted by molar-refractivity contribution is 6.24. The van der Waals surface area contributed by atoms with E-state index >= 15 is 0 Å². The number of carbonyl (C=O) groups excluding carboxylic acids is 2. The number of allylic oxidation sites excluding steroid dienone is 1. The molecule has 0 spiro atoms. The molecule has 1 aromatic rings. The van der Waals surface area contributed by atoms with E-state index in [0.717, 1.165) is 31.4 Å². The molecule has 144 valence electrons. The average Bonchev–Trinajstić information content (AvgIpc) is 3.11. The van der Waals surface area contributed by atoms with Crippen molar-refractivity contribution in [3.8, 4) is 0 Å². The van der Waals surface area contributed by atoms with Crippen LogP contribution in [0.25, 0.3) is 0 Å². The van der Waals surface area contributed by atoms with Crippen molar-refractivity contribution < 1.29 is 19.1 Å². The first-order valence-corrected chi connectivity index (χ1v) is 9.33. The van der Waals surface area contributed by atoms with Gasteiger partial charge >= 0.3 is 5.97 Å². The summed E-state index contributed by atoms with van der Waals surface area (Å²) in [5.74, 6) is -0.705. The number of hydrogen-bond donors (Lipinski definition) is 2. The number of hydrogen-bond acceptors (Lipinski definition) is 6. The molecule has 1 saturated carbocycles. The minimum atomic E-state index is -0.536. The SMILES string of the molecule is CCOC(=O)C1=C(C)Nc2ccccc2N=C1NC(=O)COC1CCCC1. The van der Waals surface area contributed by atoms with Gasteiger partial charge in [0.1, 0.15) is 18.0 Å². The first-order valence-electron chi connectivity index (χ1n) is 9.33. The quantitative estimate of drug-likeness (QED) is 0.777. The Labute approximate surface area is 158 Å². The molecular weight excluding hydrogens is 346 g/mol. The zero-order valence-corrected chi connectivity index (χ0v) is 15.7. The van der Waals surface area contributed by atoms with Crippen molar-refractivity contribution >= 4 is 29.1 Å². The summed E-state index contributed by atoms with van der Waals surface area (Å²) in [6.45, 7) is 3.66. The molecule has 0 bridgehead atoms. The second-order valence-corrected chi connectivity index (χ2v) is 6.59. The summed E-state index contributed by atoms with van der Waals surface area (Å²) in [6.07, 6.45) is 4.38. The standard InChI is InChI=1S/C20H25N3O4/c1-3-26-20(25)18-13(2)21-15-10-6-7-11-16(15)22-19(18)23-17(24)12-27-14-8-4-5-9-14/h6-7,10-11,14,21H,3-5,8-9,12H2,1-2H3,(H,22,23,24). The first-order chi connectivity index (χ1) is 13.1. The van der Waals surface area contributed by atoms with Crippen molar-refractivity contribution in [1.29, 1.82) is 0 Å². The van der Waals surface area contributed by atoms with Crippen molar-refractivity contribution in [2.75, 3.05) is 18.5 Å². The van der Waals surface area contributed by atoms with Gasteiger partial charge in [-0.25, -0.2) is 9.79 Å². The van der Waals surface area contributed by atoms with Gasteiger partial charge in [-0.1, -0.05) is 25.0 Å². The van der Waals surface area contributed by atoms with Gasteiger partial charge in [0, 0.05) is 5.70 Å². The average molecular weight is 371 g/mol. The smallest absolute Gasteiger partial charge is 0.343 e. The number of fused-ring (bicyclic) bond motifs is 1. The Bertz CT molecular complexity index is 779. The van der Waals surface area contributed by atoms with Crippen LogP contribution in [0.5, 0.6) is 0 Å². The van der Waals surface area contributed by atoms with E-state index in [-0.39, 0.29) is 36.6 Å². The molecule has 3 rings (SSSR count). The third-order valence-electron chi connectivity index (χ3n) is 4.56. The Morgan fingerprint density at radius 3 is 2.74 bits per heavy atom. The van der Waals surface area contributed by atoms with Gasteiger partial charge in [-0.3, -0.25) is 4.79 Å². The highest BCUT2D eigenvalue weighted by atomic mass is 16.5. The minimum Gasteiger partial charge on any atom is -0.462 e. The van der Waals surface area contributed by atoms with E-state index < -0.39 is 5.97 Å². The number of amidine groups is 1. The van der Waals surface area contributed by atoms with E-state index in [1.165, 1.54) is 0 Å². The van der Waals surface area contributed by atoms with Gasteiger partial charge in [0.25, 0.3) is 5.91 Å². The number of amides is 1. The summed E-state index contributed by atoms with van der Waals surface area (Å²) in [5, 5.41) is 5.90. The van der Waals surface area contributed by atoms with Crippen LogP contribution in [0.2, 0.25) is 0 Å². The Morgan fingerprint density at radius 2 is 2.00 bits per heavy atom. The van der Waals surface area contributed by atoms with E-state index in [1.54, 1.807) is 13.8 Å². The molecule has 0 unspecified atom stereocenters. The summed E-state index contributed by atoms with van der Waals surface area (Å²) >= 11 is 0. The lowest BCUT2D eigenvalue weighted by Gasteiger charge is -2.14. The maximum absolute atomic E-state index is 12.5. The summed E-state index contributed by atoms with van der Waals surface area (Å²) in [4.78, 5) is 29.4. The Morgan fingerprint density at radius 1 is 1.26 bits per heavy atom. The Hall–Kier alpha value is -2.67. The molecule has 7 nitrogen and oxygen atoms in total. The van der Waals surface area contributed by atoms with Crippen molar-refractivity contribution in [3.05, 3.63) is 35.5 Å². The summed E-state index contributed by atoms with van der Waals surface area (Å²) in [5.41, 5.74) is 2.16. The van der Waals surface area contributed by atoms with Crippen LogP contribution in [-0.4, -0.2) is 37.0 Å². The molecule has 1 fully saturated rings. The molecule has 27 heavy (non-hydrogen) atoms. The van der Waals surface area contributed by atoms with Crippen LogP contribution in [0.3, 0.4) is 0 Å². The lowest BCUT2D eigenvalue weighted by molar-refractivity contribution is -0.137. The number of aliphatic imine (C=N–C) groups is 1. The van der Waals surface area contributed by atoms with Gasteiger partial charge in [0.15, 0.2) is 0 Å². The number of nitrogens with zero attached hydrogens (tertiary/aromatic N) is 1. The normalized spacial score (nSPS) is 16.9. The fraction of sp³-hybridized carbons (Fsp3) is 0.450. The van der Waals surface area contributed by atoms with Crippen molar-refractivity contribution in [2.45, 2.75) is 45.6 Å². The molecule has 2 aliphatic rings. The van der Waals surface area contributed by atoms with Gasteiger partial charge < -0.3 is 20.1 Å². The molecular formula is C20H25N3O4. The molecule has 0 aromatic heterocycles. The highest BCUT2D eigenvalue weighted by Crippen LogP contribution is 2.30. The second kappa shape index (κ2) is 8.81. The largest absolute Gasteiger partial charge is 0.462 e. The molecule has 1 aliphatic carbocycles. The van der Waals surface area contributed by atoms with Gasteiger partial charge in [-0.05, 0) is 38.8 Å². The van der Waals surface area contributed by atoms with E-state index in [9.17, 15) is 9.59 Å². The predicted octanol–water partition coefficient (Wildman–Crippen LogP) is 3.05. The number of anilines is 1. The number of benzene rings is 1. The molecule has 0 saturated heterocycles. The van der Waals surface area contributed by atoms with E-state index in [0.29, 0.717) is 11.4 Å². The van der Waals surface area contributed by atoms with Crippen molar-refractivity contribution in [2.24, 2.45) is 4.99 Å². The number of nitrogens with one attached hydrogen (secondary N) is 2. The third kappa shape index (κ3) is 4.74. The van der Waals surface area contributed by atoms with E-state index in [2.05, 4.69) is 15.6 Å². The molecule has 1 aliphatic heterocycles. The molecule has 7 heteroatoms. The van der Waals surface area contributed by atoms with Crippen LogP contribution in [0.4, 0.5) is 11.4 Å². The van der Waals surface area contributed by atoms with Gasteiger partial charge in [0.05, 0.1) is 24.1 Å². The molecule has 0 radical (unpaired) electrons. The fourth-order valence-corrected chi connectivity index (χ4v) is 3.26. The number of rotatable bonds is 5. The van der Waals surface area contributed by atoms with Crippen LogP contribution in [0.1, 0.15) is 39.5 Å². The lowest BCUT2D eigenvalue weighted by Crippen LogP contribution is -2.38. The summed E-state index contributed by atoms with van der Waals surface area (Å²) in [7, 11) is 0. The maximum Gasteiger partial charge on any atom is 0.343 e.